The van der Waals surface area contributed by atoms with Crippen LogP contribution in [0.5, 0.6) is 5.75 Å². The predicted molar refractivity (Wildman–Crippen MR) is 129 cm³/mol. The molecular formula is C27H25ClN2O5. The number of imide groups is 1. The Morgan fingerprint density at radius 3 is 2.29 bits per heavy atom. The summed E-state index contributed by atoms with van der Waals surface area (Å²) in [4.78, 5) is 54.3. The number of anilines is 2. The van der Waals surface area contributed by atoms with E-state index in [9.17, 15) is 19.2 Å². The van der Waals surface area contributed by atoms with Crippen LogP contribution in [0.1, 0.15) is 31.2 Å². The highest BCUT2D eigenvalue weighted by molar-refractivity contribution is 6.31. The number of fused-ring (bicyclic) bond motifs is 5. The van der Waals surface area contributed by atoms with E-state index in [2.05, 4.69) is 0 Å². The van der Waals surface area contributed by atoms with Crippen LogP contribution >= 0.6 is 11.6 Å². The van der Waals surface area contributed by atoms with Gasteiger partial charge in [0.1, 0.15) is 5.75 Å². The fourth-order valence-corrected chi connectivity index (χ4v) is 6.68. The number of rotatable bonds is 4. The lowest BCUT2D eigenvalue weighted by Gasteiger charge is -2.19. The zero-order valence-corrected chi connectivity index (χ0v) is 20.0. The van der Waals surface area contributed by atoms with Crippen molar-refractivity contribution in [2.24, 2.45) is 29.6 Å². The molecule has 2 heterocycles. The van der Waals surface area contributed by atoms with Crippen molar-refractivity contribution in [2.45, 2.75) is 32.6 Å². The number of hydrogen-bond donors (Lipinski definition) is 0. The Balaban J connectivity index is 1.13. The van der Waals surface area contributed by atoms with Crippen molar-refractivity contribution in [3.8, 4) is 5.75 Å². The molecule has 2 aliphatic heterocycles. The molecule has 35 heavy (non-hydrogen) atoms. The van der Waals surface area contributed by atoms with E-state index >= 15 is 0 Å². The van der Waals surface area contributed by atoms with Gasteiger partial charge in [-0.2, -0.15) is 0 Å². The summed E-state index contributed by atoms with van der Waals surface area (Å²) in [6.07, 6.45) is 3.12. The molecule has 2 aromatic carbocycles. The topological polar surface area (TPSA) is 84.0 Å². The van der Waals surface area contributed by atoms with Crippen molar-refractivity contribution in [1.82, 2.24) is 0 Å². The number of carbonyl (C=O) groups is 4. The summed E-state index contributed by atoms with van der Waals surface area (Å²) < 4.78 is 5.54. The highest BCUT2D eigenvalue weighted by Crippen LogP contribution is 2.56. The molecule has 2 aliphatic carbocycles. The molecule has 5 atom stereocenters. The van der Waals surface area contributed by atoms with E-state index in [1.165, 1.54) is 4.90 Å². The monoisotopic (exact) mass is 492 g/mol. The maximum Gasteiger partial charge on any atom is 0.316 e. The van der Waals surface area contributed by atoms with Gasteiger partial charge in [-0.1, -0.05) is 17.7 Å². The minimum Gasteiger partial charge on any atom is -0.426 e. The van der Waals surface area contributed by atoms with Crippen LogP contribution in [-0.2, 0) is 19.2 Å². The molecule has 0 unspecified atom stereocenters. The molecule has 8 heteroatoms. The maximum absolute atomic E-state index is 13.0. The predicted octanol–water partition coefficient (Wildman–Crippen LogP) is 4.14. The summed E-state index contributed by atoms with van der Waals surface area (Å²) in [6.45, 7) is 2.06. The molecule has 0 aromatic heterocycles. The smallest absolute Gasteiger partial charge is 0.316 e. The first-order valence-corrected chi connectivity index (χ1v) is 12.5. The molecule has 4 aliphatic rings. The third kappa shape index (κ3) is 3.47. The Morgan fingerprint density at radius 2 is 1.63 bits per heavy atom. The number of ether oxygens (including phenoxy) is 1. The third-order valence-electron chi connectivity index (χ3n) is 8.23. The number of carbonyl (C=O) groups excluding carboxylic acids is 4. The van der Waals surface area contributed by atoms with Gasteiger partial charge in [0.05, 0.1) is 23.4 Å². The van der Waals surface area contributed by atoms with Crippen LogP contribution in [0, 0.1) is 36.5 Å². The zero-order chi connectivity index (χ0) is 24.4. The summed E-state index contributed by atoms with van der Waals surface area (Å²) >= 11 is 6.19. The van der Waals surface area contributed by atoms with Gasteiger partial charge in [0.15, 0.2) is 0 Å². The van der Waals surface area contributed by atoms with E-state index in [4.69, 9.17) is 16.3 Å². The van der Waals surface area contributed by atoms with Gasteiger partial charge in [-0.05, 0) is 80.0 Å². The standard InChI is InChI=1S/C27H25ClN2O5/c1-14-20(28)3-2-4-21(14)29-13-17(12-22(29)31)27(34)35-19-9-7-18(8-10-19)30-25(32)23-15-5-6-16(11-15)24(23)26(30)33/h2-4,7-10,15-17,23-24H,5-6,11-13H2,1H3/t15-,16-,17+,23-,24+/m0/s1. The van der Waals surface area contributed by atoms with Crippen LogP contribution in [-0.4, -0.2) is 30.2 Å². The SMILES string of the molecule is Cc1c(Cl)cccc1N1C[C@H](C(=O)Oc2ccc(N3C(=O)[C@@H]4[C@H]5CC[C@@H](C5)[C@@H]4C3=O)cc2)CC1=O. The summed E-state index contributed by atoms with van der Waals surface area (Å²) in [5.74, 6) is -0.830. The fourth-order valence-electron chi connectivity index (χ4n) is 6.51. The number of halogens is 1. The first-order valence-electron chi connectivity index (χ1n) is 12.1. The molecule has 0 spiro atoms. The minimum absolute atomic E-state index is 0.0603. The van der Waals surface area contributed by atoms with Crippen molar-refractivity contribution < 1.29 is 23.9 Å². The van der Waals surface area contributed by atoms with Crippen molar-refractivity contribution in [2.75, 3.05) is 16.3 Å². The van der Waals surface area contributed by atoms with Gasteiger partial charge < -0.3 is 9.64 Å². The average Bonchev–Trinajstić information content (AvgIpc) is 3.60. The van der Waals surface area contributed by atoms with Gasteiger partial charge in [0, 0.05) is 23.7 Å². The van der Waals surface area contributed by atoms with E-state index in [0.717, 1.165) is 24.8 Å². The molecule has 3 amide bonds. The quantitative estimate of drug-likeness (QED) is 0.364. The number of esters is 1. The van der Waals surface area contributed by atoms with E-state index in [0.29, 0.717) is 34.0 Å². The van der Waals surface area contributed by atoms with Crippen molar-refractivity contribution >= 4 is 46.7 Å². The molecule has 2 aromatic rings. The fraction of sp³-hybridized carbons (Fsp3) is 0.407. The number of nitrogens with zero attached hydrogens (tertiary/aromatic N) is 2. The van der Waals surface area contributed by atoms with E-state index in [1.54, 1.807) is 41.3 Å². The lowest BCUT2D eigenvalue weighted by Crippen LogP contribution is -2.32. The average molecular weight is 493 g/mol. The third-order valence-corrected chi connectivity index (χ3v) is 8.64. The Hall–Kier alpha value is -3.19. The molecule has 2 saturated heterocycles. The Morgan fingerprint density at radius 1 is 0.971 bits per heavy atom. The van der Waals surface area contributed by atoms with Gasteiger partial charge in [-0.15, -0.1) is 0 Å². The van der Waals surface area contributed by atoms with Crippen LogP contribution < -0.4 is 14.5 Å². The van der Waals surface area contributed by atoms with Gasteiger partial charge in [-0.25, -0.2) is 0 Å². The van der Waals surface area contributed by atoms with Crippen LogP contribution in [0.2, 0.25) is 5.02 Å². The Bertz CT molecular complexity index is 1230. The summed E-state index contributed by atoms with van der Waals surface area (Å²) in [7, 11) is 0. The van der Waals surface area contributed by atoms with Crippen molar-refractivity contribution in [3.05, 3.63) is 53.1 Å². The largest absolute Gasteiger partial charge is 0.426 e. The van der Waals surface area contributed by atoms with Crippen molar-refractivity contribution in [3.63, 3.8) is 0 Å². The molecule has 6 rings (SSSR count). The minimum atomic E-state index is -0.600. The molecule has 2 bridgehead atoms. The van der Waals surface area contributed by atoms with Gasteiger partial charge in [0.2, 0.25) is 17.7 Å². The van der Waals surface area contributed by atoms with Crippen LogP contribution in [0.4, 0.5) is 11.4 Å². The first-order chi connectivity index (χ1) is 16.8. The molecular weight excluding hydrogens is 468 g/mol. The number of hydrogen-bond acceptors (Lipinski definition) is 5. The molecule has 2 saturated carbocycles. The second kappa shape index (κ2) is 8.19. The van der Waals surface area contributed by atoms with E-state index in [1.807, 2.05) is 13.0 Å². The molecule has 0 radical (unpaired) electrons. The maximum atomic E-state index is 13.0. The Labute approximate surface area is 208 Å². The molecule has 180 valence electrons. The summed E-state index contributed by atoms with van der Waals surface area (Å²) in [6, 6.07) is 11.8. The van der Waals surface area contributed by atoms with E-state index < -0.39 is 11.9 Å². The highest BCUT2D eigenvalue weighted by atomic mass is 35.5. The van der Waals surface area contributed by atoms with Gasteiger partial charge in [0.25, 0.3) is 0 Å². The summed E-state index contributed by atoms with van der Waals surface area (Å²) in [5.41, 5.74) is 1.99. The van der Waals surface area contributed by atoms with Gasteiger partial charge in [-0.3, -0.25) is 24.1 Å². The lowest BCUT2D eigenvalue weighted by atomic mass is 9.81. The van der Waals surface area contributed by atoms with Crippen LogP contribution in [0.3, 0.4) is 0 Å². The second-order valence-corrected chi connectivity index (χ2v) is 10.5. The first kappa shape index (κ1) is 22.3. The zero-order valence-electron chi connectivity index (χ0n) is 19.3. The van der Waals surface area contributed by atoms with Gasteiger partial charge >= 0.3 is 5.97 Å². The molecule has 0 N–H and O–H groups in total. The second-order valence-electron chi connectivity index (χ2n) is 10.1. The van der Waals surface area contributed by atoms with Crippen LogP contribution in [0.25, 0.3) is 0 Å². The summed E-state index contributed by atoms with van der Waals surface area (Å²) in [5, 5.41) is 0.563. The van der Waals surface area contributed by atoms with Crippen LogP contribution in [0.15, 0.2) is 42.5 Å². The molecule has 7 nitrogen and oxygen atoms in total. The van der Waals surface area contributed by atoms with E-state index in [-0.39, 0.29) is 42.5 Å². The molecule has 4 fully saturated rings. The van der Waals surface area contributed by atoms with Crippen molar-refractivity contribution in [1.29, 1.82) is 0 Å². The lowest BCUT2D eigenvalue weighted by molar-refractivity contribution is -0.139. The number of amides is 3. The highest BCUT2D eigenvalue weighted by Gasteiger charge is 2.61. The Kier molecular flexibility index (Phi) is 5.22. The normalized spacial score (nSPS) is 29.3. The number of benzene rings is 2.